The lowest BCUT2D eigenvalue weighted by Crippen LogP contribution is -2.41. The van der Waals surface area contributed by atoms with Crippen molar-refractivity contribution in [3.8, 4) is 0 Å². The molecule has 2 aromatic heterocycles. The molecule has 0 aliphatic carbocycles. The Kier molecular flexibility index (Phi) is 4.43. The summed E-state index contributed by atoms with van der Waals surface area (Å²) in [7, 11) is 0. The van der Waals surface area contributed by atoms with Crippen LogP contribution >= 0.6 is 38.9 Å². The number of amides is 2. The Morgan fingerprint density at radius 2 is 1.91 bits per heavy atom. The van der Waals surface area contributed by atoms with Crippen LogP contribution in [0.5, 0.6) is 0 Å². The van der Waals surface area contributed by atoms with Crippen LogP contribution in [0.25, 0.3) is 11.0 Å². The quantitative estimate of drug-likeness (QED) is 0.616. The average molecular weight is 414 g/mol. The molecule has 1 aromatic carbocycles. The molecule has 0 radical (unpaired) electrons. The van der Waals surface area contributed by atoms with Gasteiger partial charge in [0.1, 0.15) is 0 Å². The molecule has 0 bridgehead atoms. The van der Waals surface area contributed by atoms with Crippen molar-refractivity contribution in [1.82, 2.24) is 10.9 Å². The fraction of sp³-hybridized carbons (Fsp3) is 0.0667. The fourth-order valence-electron chi connectivity index (χ4n) is 2.09. The smallest absolute Gasteiger partial charge is 0.305 e. The number of fused-ring (bicyclic) bond motifs is 1. The van der Waals surface area contributed by atoms with Crippen LogP contribution in [-0.4, -0.2) is 11.8 Å². The number of halogens is 2. The van der Waals surface area contributed by atoms with Crippen molar-refractivity contribution in [3.05, 3.63) is 55.3 Å². The van der Waals surface area contributed by atoms with Gasteiger partial charge in [-0.2, -0.15) is 0 Å². The van der Waals surface area contributed by atoms with Crippen LogP contribution in [0.2, 0.25) is 5.02 Å². The third-order valence-corrected chi connectivity index (χ3v) is 5.13. The Balaban J connectivity index is 1.77. The van der Waals surface area contributed by atoms with Crippen LogP contribution in [0.3, 0.4) is 0 Å². The summed E-state index contributed by atoms with van der Waals surface area (Å²) in [5, 5.41) is 1.19. The van der Waals surface area contributed by atoms with E-state index in [2.05, 4.69) is 26.8 Å². The molecule has 0 aliphatic rings. The van der Waals surface area contributed by atoms with E-state index in [1.165, 1.54) is 11.3 Å². The summed E-state index contributed by atoms with van der Waals surface area (Å²) >= 11 is 10.6. The molecule has 118 valence electrons. The molecule has 0 spiro atoms. The second-order valence-electron chi connectivity index (χ2n) is 4.68. The summed E-state index contributed by atoms with van der Waals surface area (Å²) in [4.78, 5) is 24.6. The van der Waals surface area contributed by atoms with Crippen LogP contribution in [0.4, 0.5) is 0 Å². The monoisotopic (exact) mass is 412 g/mol. The molecule has 0 aliphatic heterocycles. The highest BCUT2D eigenvalue weighted by Crippen LogP contribution is 2.30. The molecule has 2 heterocycles. The molecular formula is C15H10BrClN2O3S. The van der Waals surface area contributed by atoms with E-state index in [-0.39, 0.29) is 5.76 Å². The van der Waals surface area contributed by atoms with Gasteiger partial charge in [-0.15, -0.1) is 11.3 Å². The number of aryl methyl sites for hydroxylation is 1. The number of furan rings is 1. The minimum Gasteiger partial charge on any atom is -0.449 e. The lowest BCUT2D eigenvalue weighted by Gasteiger charge is -2.04. The number of nitrogens with one attached hydrogen (secondary N) is 2. The van der Waals surface area contributed by atoms with E-state index in [4.69, 9.17) is 16.0 Å². The maximum atomic E-state index is 12.2. The maximum absolute atomic E-state index is 12.2. The van der Waals surface area contributed by atoms with Crippen molar-refractivity contribution in [3.63, 3.8) is 0 Å². The number of hydrazine groups is 1. The number of carbonyl (C=O) groups is 2. The summed E-state index contributed by atoms with van der Waals surface area (Å²) in [5.41, 5.74) is 5.81. The highest BCUT2D eigenvalue weighted by Gasteiger charge is 2.19. The minimum atomic E-state index is -0.543. The highest BCUT2D eigenvalue weighted by molar-refractivity contribution is 9.11. The minimum absolute atomic E-state index is 0.112. The molecule has 3 rings (SSSR count). The van der Waals surface area contributed by atoms with Crippen LogP contribution < -0.4 is 10.9 Å². The zero-order valence-electron chi connectivity index (χ0n) is 11.8. The molecule has 0 saturated carbocycles. The molecule has 8 heteroatoms. The van der Waals surface area contributed by atoms with Gasteiger partial charge in [-0.05, 0) is 41.1 Å². The van der Waals surface area contributed by atoms with Crippen LogP contribution in [0, 0.1) is 6.92 Å². The second-order valence-corrected chi connectivity index (χ2v) is 7.55. The van der Waals surface area contributed by atoms with Gasteiger partial charge in [0.25, 0.3) is 5.91 Å². The van der Waals surface area contributed by atoms with Crippen LogP contribution in [0.1, 0.15) is 25.8 Å². The predicted molar refractivity (Wildman–Crippen MR) is 92.9 cm³/mol. The first-order valence-electron chi connectivity index (χ1n) is 6.51. The third kappa shape index (κ3) is 3.12. The van der Waals surface area contributed by atoms with Crippen molar-refractivity contribution in [2.75, 3.05) is 0 Å². The van der Waals surface area contributed by atoms with Crippen LogP contribution in [-0.2, 0) is 0 Å². The lowest BCUT2D eigenvalue weighted by molar-refractivity contribution is 0.0833. The third-order valence-electron chi connectivity index (χ3n) is 3.21. The normalized spacial score (nSPS) is 10.7. The molecule has 2 N–H and O–H groups in total. The van der Waals surface area contributed by atoms with Crippen molar-refractivity contribution < 1.29 is 14.0 Å². The molecule has 0 fully saturated rings. The van der Waals surface area contributed by atoms with Gasteiger partial charge in [0.05, 0.1) is 13.7 Å². The predicted octanol–water partition coefficient (Wildman–Crippen LogP) is 4.29. The van der Waals surface area contributed by atoms with E-state index in [1.807, 2.05) is 6.07 Å². The summed E-state index contributed by atoms with van der Waals surface area (Å²) < 4.78 is 6.36. The van der Waals surface area contributed by atoms with Crippen molar-refractivity contribution >= 4 is 61.7 Å². The lowest BCUT2D eigenvalue weighted by atomic mass is 10.1. The van der Waals surface area contributed by atoms with Gasteiger partial charge in [0, 0.05) is 10.9 Å². The first kappa shape index (κ1) is 16.0. The largest absolute Gasteiger partial charge is 0.449 e. The van der Waals surface area contributed by atoms with E-state index in [9.17, 15) is 9.59 Å². The molecule has 2 amide bonds. The SMILES string of the molecule is Cc1c(C(=O)NNC(=O)c2ccc(Br)s2)oc2c(Cl)cccc12. The van der Waals surface area contributed by atoms with Gasteiger partial charge in [0.15, 0.2) is 11.3 Å². The second kappa shape index (κ2) is 6.35. The zero-order chi connectivity index (χ0) is 16.6. The molecule has 23 heavy (non-hydrogen) atoms. The van der Waals surface area contributed by atoms with Gasteiger partial charge in [-0.3, -0.25) is 20.4 Å². The molecule has 0 atom stereocenters. The van der Waals surface area contributed by atoms with E-state index >= 15 is 0 Å². The van der Waals surface area contributed by atoms with Crippen molar-refractivity contribution in [1.29, 1.82) is 0 Å². The Labute approximate surface area is 148 Å². The van der Waals surface area contributed by atoms with E-state index in [0.717, 1.165) is 9.17 Å². The van der Waals surface area contributed by atoms with E-state index < -0.39 is 11.8 Å². The molecule has 0 saturated heterocycles. The maximum Gasteiger partial charge on any atom is 0.305 e. The summed E-state index contributed by atoms with van der Waals surface area (Å²) in [5.74, 6) is -0.833. The number of hydrogen-bond donors (Lipinski definition) is 2. The summed E-state index contributed by atoms with van der Waals surface area (Å²) in [6.07, 6.45) is 0. The summed E-state index contributed by atoms with van der Waals surface area (Å²) in [6, 6.07) is 8.70. The average Bonchev–Trinajstić information content (AvgIpc) is 3.10. The number of benzene rings is 1. The van der Waals surface area contributed by atoms with E-state index in [1.54, 1.807) is 31.2 Å². The summed E-state index contributed by atoms with van der Waals surface area (Å²) in [6.45, 7) is 1.76. The Hall–Kier alpha value is -1.83. The number of thiophene rings is 1. The number of hydrogen-bond acceptors (Lipinski definition) is 4. The first-order chi connectivity index (χ1) is 11.0. The van der Waals surface area contributed by atoms with Gasteiger partial charge >= 0.3 is 5.91 Å². The number of para-hydroxylation sites is 1. The first-order valence-corrected chi connectivity index (χ1v) is 8.49. The van der Waals surface area contributed by atoms with Gasteiger partial charge < -0.3 is 4.42 Å². The standard InChI is InChI=1S/C15H10BrClN2O3S/c1-7-8-3-2-4-9(17)13(8)22-12(7)15(21)19-18-14(20)10-5-6-11(16)23-10/h2-6H,1H3,(H,18,20)(H,19,21). The van der Waals surface area contributed by atoms with Gasteiger partial charge in [-0.1, -0.05) is 23.7 Å². The zero-order valence-corrected chi connectivity index (χ0v) is 14.9. The molecule has 3 aromatic rings. The van der Waals surface area contributed by atoms with Gasteiger partial charge in [-0.25, -0.2) is 0 Å². The number of rotatable bonds is 2. The van der Waals surface area contributed by atoms with Gasteiger partial charge in [0.2, 0.25) is 0 Å². The fourth-order valence-corrected chi connectivity index (χ4v) is 3.59. The molecule has 0 unspecified atom stereocenters. The van der Waals surface area contributed by atoms with Crippen molar-refractivity contribution in [2.45, 2.75) is 6.92 Å². The van der Waals surface area contributed by atoms with Crippen LogP contribution in [0.15, 0.2) is 38.5 Å². The Morgan fingerprint density at radius 1 is 1.17 bits per heavy atom. The highest BCUT2D eigenvalue weighted by atomic mass is 79.9. The van der Waals surface area contributed by atoms with Crippen molar-refractivity contribution in [2.24, 2.45) is 0 Å². The molecule has 5 nitrogen and oxygen atoms in total. The number of carbonyl (C=O) groups excluding carboxylic acids is 2. The van der Waals surface area contributed by atoms with E-state index in [0.29, 0.717) is 21.0 Å². The molecular weight excluding hydrogens is 404 g/mol. The Bertz CT molecular complexity index is 919. The Morgan fingerprint density at radius 3 is 2.57 bits per heavy atom. The topological polar surface area (TPSA) is 71.3 Å².